The normalized spacial score (nSPS) is 12.7. The molecule has 1 N–H and O–H groups in total. The van der Waals surface area contributed by atoms with Crippen LogP contribution in [0.25, 0.3) is 10.2 Å². The molecule has 1 aromatic heterocycles. The van der Waals surface area contributed by atoms with Crippen molar-refractivity contribution >= 4 is 53.4 Å². The third kappa shape index (κ3) is 3.37. The average molecular weight is 426 g/mol. The van der Waals surface area contributed by atoms with Gasteiger partial charge in [0.2, 0.25) is 0 Å². The van der Waals surface area contributed by atoms with Crippen LogP contribution in [0.5, 0.6) is 0 Å². The first-order valence-corrected chi connectivity index (χ1v) is 9.04. The second kappa shape index (κ2) is 6.57. The molecule has 1 atom stereocenters. The van der Waals surface area contributed by atoms with Crippen molar-refractivity contribution in [1.82, 2.24) is 10.3 Å². The van der Waals surface area contributed by atoms with Gasteiger partial charge in [-0.1, -0.05) is 50.1 Å². The van der Waals surface area contributed by atoms with Gasteiger partial charge in [0, 0.05) is 21.4 Å². The van der Waals surface area contributed by atoms with Gasteiger partial charge in [0.15, 0.2) is 0 Å². The quantitative estimate of drug-likeness (QED) is 0.611. The van der Waals surface area contributed by atoms with Crippen LogP contribution in [0.3, 0.4) is 0 Å². The van der Waals surface area contributed by atoms with Crippen LogP contribution in [-0.4, -0.2) is 12.0 Å². The van der Waals surface area contributed by atoms with Crippen molar-refractivity contribution in [1.29, 1.82) is 0 Å². The number of likely N-dealkylation sites (N-methyl/N-ethyl adjacent to an activating group) is 1. The lowest BCUT2D eigenvalue weighted by Gasteiger charge is -2.17. The maximum atomic E-state index is 4.73. The molecule has 2 aromatic carbocycles. The lowest BCUT2D eigenvalue weighted by atomic mass is 10.0. The molecule has 1 heterocycles. The number of hydrogen-bond donors (Lipinski definition) is 1. The first-order chi connectivity index (χ1) is 10.2. The number of thiazole rings is 1. The maximum absolute atomic E-state index is 4.73. The van der Waals surface area contributed by atoms with Gasteiger partial charge in [0.25, 0.3) is 0 Å². The van der Waals surface area contributed by atoms with Crippen LogP contribution in [0, 0.1) is 0 Å². The van der Waals surface area contributed by atoms with Gasteiger partial charge in [0.1, 0.15) is 0 Å². The molecule has 0 saturated heterocycles. The van der Waals surface area contributed by atoms with E-state index < -0.39 is 0 Å². The Hall–Kier alpha value is -0.750. The minimum absolute atomic E-state index is 0.244. The standard InChI is InChI=1S/C16H14Br2N2S/c1-19-14(11-7-6-10(17)8-12(11)18)9-16-20-13-4-2-3-5-15(13)21-16/h2-8,14,19H,9H2,1H3. The highest BCUT2D eigenvalue weighted by Crippen LogP contribution is 2.31. The van der Waals surface area contributed by atoms with Crippen LogP contribution < -0.4 is 5.32 Å². The summed E-state index contributed by atoms with van der Waals surface area (Å²) in [6.45, 7) is 0. The fraction of sp³-hybridized carbons (Fsp3) is 0.188. The molecule has 0 radical (unpaired) electrons. The van der Waals surface area contributed by atoms with Crippen LogP contribution >= 0.6 is 43.2 Å². The van der Waals surface area contributed by atoms with E-state index in [-0.39, 0.29) is 6.04 Å². The molecule has 0 aliphatic rings. The van der Waals surface area contributed by atoms with Gasteiger partial charge in [-0.05, 0) is 36.9 Å². The average Bonchev–Trinajstić information content (AvgIpc) is 2.87. The minimum Gasteiger partial charge on any atom is -0.313 e. The van der Waals surface area contributed by atoms with E-state index in [1.165, 1.54) is 10.3 Å². The molecule has 0 aliphatic heterocycles. The van der Waals surface area contributed by atoms with Crippen molar-refractivity contribution in [2.24, 2.45) is 0 Å². The van der Waals surface area contributed by atoms with Crippen LogP contribution in [0.2, 0.25) is 0 Å². The van der Waals surface area contributed by atoms with Crippen LogP contribution in [0.1, 0.15) is 16.6 Å². The second-order valence-corrected chi connectivity index (χ2v) is 7.67. The van der Waals surface area contributed by atoms with Crippen molar-refractivity contribution in [2.45, 2.75) is 12.5 Å². The van der Waals surface area contributed by atoms with Crippen molar-refractivity contribution in [3.8, 4) is 0 Å². The zero-order valence-electron chi connectivity index (χ0n) is 11.4. The first kappa shape index (κ1) is 15.2. The second-order valence-electron chi connectivity index (χ2n) is 4.79. The van der Waals surface area contributed by atoms with Gasteiger partial charge in [-0.15, -0.1) is 11.3 Å². The topological polar surface area (TPSA) is 24.9 Å². The third-order valence-electron chi connectivity index (χ3n) is 3.40. The monoisotopic (exact) mass is 424 g/mol. The molecular weight excluding hydrogens is 412 g/mol. The van der Waals surface area contributed by atoms with Gasteiger partial charge in [-0.2, -0.15) is 0 Å². The van der Waals surface area contributed by atoms with E-state index in [4.69, 9.17) is 4.98 Å². The van der Waals surface area contributed by atoms with E-state index in [0.717, 1.165) is 25.9 Å². The number of nitrogens with one attached hydrogen (secondary N) is 1. The number of para-hydroxylation sites is 1. The summed E-state index contributed by atoms with van der Waals surface area (Å²) in [4.78, 5) is 4.73. The summed E-state index contributed by atoms with van der Waals surface area (Å²) in [5.41, 5.74) is 2.34. The zero-order chi connectivity index (χ0) is 14.8. The van der Waals surface area contributed by atoms with Gasteiger partial charge >= 0.3 is 0 Å². The Morgan fingerprint density at radius 3 is 2.71 bits per heavy atom. The number of benzene rings is 2. The Kier molecular flexibility index (Phi) is 4.74. The van der Waals surface area contributed by atoms with E-state index in [1.807, 2.05) is 13.1 Å². The molecule has 3 aromatic rings. The summed E-state index contributed by atoms with van der Waals surface area (Å²) in [7, 11) is 1.99. The number of rotatable bonds is 4. The van der Waals surface area contributed by atoms with Gasteiger partial charge in [0.05, 0.1) is 15.2 Å². The first-order valence-electron chi connectivity index (χ1n) is 6.64. The van der Waals surface area contributed by atoms with Crippen molar-refractivity contribution in [3.05, 3.63) is 62.0 Å². The molecule has 0 spiro atoms. The smallest absolute Gasteiger partial charge is 0.0957 e. The third-order valence-corrected chi connectivity index (χ3v) is 5.64. The Morgan fingerprint density at radius 1 is 1.19 bits per heavy atom. The van der Waals surface area contributed by atoms with E-state index >= 15 is 0 Å². The van der Waals surface area contributed by atoms with Crippen molar-refractivity contribution < 1.29 is 0 Å². The summed E-state index contributed by atoms with van der Waals surface area (Å²) in [5, 5.41) is 4.55. The fourth-order valence-electron chi connectivity index (χ4n) is 2.33. The van der Waals surface area contributed by atoms with Crippen LogP contribution in [0.4, 0.5) is 0 Å². The maximum Gasteiger partial charge on any atom is 0.0957 e. The molecule has 3 rings (SSSR count). The highest BCUT2D eigenvalue weighted by Gasteiger charge is 2.16. The summed E-state index contributed by atoms with van der Waals surface area (Å²) in [5.74, 6) is 0. The number of hydrogen-bond acceptors (Lipinski definition) is 3. The molecule has 0 amide bonds. The Bertz CT molecular complexity index is 737. The van der Waals surface area contributed by atoms with Crippen LogP contribution in [0.15, 0.2) is 51.4 Å². The highest BCUT2D eigenvalue weighted by atomic mass is 79.9. The summed E-state index contributed by atoms with van der Waals surface area (Å²) >= 11 is 8.92. The SMILES string of the molecule is CNC(Cc1nc2ccccc2s1)c1ccc(Br)cc1Br. The predicted molar refractivity (Wildman–Crippen MR) is 97.0 cm³/mol. The van der Waals surface area contributed by atoms with E-state index in [0.29, 0.717) is 0 Å². The van der Waals surface area contributed by atoms with Crippen molar-refractivity contribution in [2.75, 3.05) is 7.05 Å². The zero-order valence-corrected chi connectivity index (χ0v) is 15.4. The van der Waals surface area contributed by atoms with E-state index in [2.05, 4.69) is 73.6 Å². The molecule has 108 valence electrons. The largest absolute Gasteiger partial charge is 0.313 e. The molecule has 1 unspecified atom stereocenters. The molecule has 0 bridgehead atoms. The van der Waals surface area contributed by atoms with Gasteiger partial charge in [-0.3, -0.25) is 0 Å². The molecule has 0 saturated carbocycles. The molecule has 5 heteroatoms. The van der Waals surface area contributed by atoms with E-state index in [9.17, 15) is 0 Å². The Morgan fingerprint density at radius 2 is 2.00 bits per heavy atom. The lowest BCUT2D eigenvalue weighted by Crippen LogP contribution is -2.19. The molecular formula is C16H14Br2N2S. The number of fused-ring (bicyclic) bond motifs is 1. The summed E-state index contributed by atoms with van der Waals surface area (Å²) < 4.78 is 3.43. The van der Waals surface area contributed by atoms with Crippen molar-refractivity contribution in [3.63, 3.8) is 0 Å². The molecule has 0 fully saturated rings. The lowest BCUT2D eigenvalue weighted by molar-refractivity contribution is 0.588. The highest BCUT2D eigenvalue weighted by molar-refractivity contribution is 9.11. The minimum atomic E-state index is 0.244. The number of halogens is 2. The Labute approximate surface area is 144 Å². The molecule has 21 heavy (non-hydrogen) atoms. The predicted octanol–water partition coefficient (Wildman–Crippen LogP) is 5.32. The molecule has 0 aliphatic carbocycles. The summed E-state index contributed by atoms with van der Waals surface area (Å²) in [6, 6.07) is 14.8. The van der Waals surface area contributed by atoms with E-state index in [1.54, 1.807) is 11.3 Å². The summed E-state index contributed by atoms with van der Waals surface area (Å²) in [6.07, 6.45) is 0.885. The number of aromatic nitrogens is 1. The molecule has 2 nitrogen and oxygen atoms in total. The number of nitrogens with zero attached hydrogens (tertiary/aromatic N) is 1. The Balaban J connectivity index is 1.90. The van der Waals surface area contributed by atoms with Gasteiger partial charge in [-0.25, -0.2) is 4.98 Å². The van der Waals surface area contributed by atoms with Gasteiger partial charge < -0.3 is 5.32 Å². The van der Waals surface area contributed by atoms with Crippen LogP contribution in [-0.2, 0) is 6.42 Å². The fourth-order valence-corrected chi connectivity index (χ4v) is 4.67.